The molecule has 0 spiro atoms. The first-order valence-electron chi connectivity index (χ1n) is 13.8. The van der Waals surface area contributed by atoms with Gasteiger partial charge in [-0.2, -0.15) is 23.5 Å². The lowest BCUT2D eigenvalue weighted by molar-refractivity contribution is -0.133. The Morgan fingerprint density at radius 1 is 1.14 bits per heavy atom. The van der Waals surface area contributed by atoms with Gasteiger partial charge in [-0.05, 0) is 68.9 Å². The van der Waals surface area contributed by atoms with Gasteiger partial charge in [0, 0.05) is 22.0 Å². The number of hydrogen-bond acceptors (Lipinski definition) is 9. The molecule has 234 valence electrons. The minimum absolute atomic E-state index is 0.132. The maximum Gasteiger partial charge on any atom is 0.244 e. The average Bonchev–Trinajstić information content (AvgIpc) is 2.89. The molecule has 0 bridgehead atoms. The molecule has 0 unspecified atom stereocenters. The van der Waals surface area contributed by atoms with Crippen LogP contribution in [0.2, 0.25) is 0 Å². The molecule has 1 heterocycles. The van der Waals surface area contributed by atoms with Gasteiger partial charge in [-0.15, -0.1) is 0 Å². The van der Waals surface area contributed by atoms with Crippen molar-refractivity contribution in [2.75, 3.05) is 23.8 Å². The van der Waals surface area contributed by atoms with Gasteiger partial charge in [0.15, 0.2) is 0 Å². The van der Waals surface area contributed by atoms with Crippen LogP contribution >= 0.6 is 23.5 Å². The van der Waals surface area contributed by atoms with Crippen molar-refractivity contribution in [2.24, 2.45) is 17.4 Å². The number of amides is 5. The van der Waals surface area contributed by atoms with Crippen molar-refractivity contribution in [1.82, 2.24) is 21.3 Å². The number of phenols is 1. The van der Waals surface area contributed by atoms with Gasteiger partial charge in [-0.3, -0.25) is 24.0 Å². The number of aryl methyl sites for hydroxylation is 2. The van der Waals surface area contributed by atoms with Crippen LogP contribution in [-0.4, -0.2) is 87.4 Å². The number of primary amides is 1. The third-order valence-corrected chi connectivity index (χ3v) is 9.73. The van der Waals surface area contributed by atoms with Crippen LogP contribution in [0.4, 0.5) is 0 Å². The average molecular weight is 625 g/mol. The Labute approximate surface area is 255 Å². The summed E-state index contributed by atoms with van der Waals surface area (Å²) in [4.78, 5) is 64.0. The normalized spacial score (nSPS) is 21.4. The zero-order chi connectivity index (χ0) is 31.8. The largest absolute Gasteiger partial charge is 0.508 e. The van der Waals surface area contributed by atoms with Gasteiger partial charge >= 0.3 is 0 Å². The fraction of sp³-hybridized carbons (Fsp3) is 0.607. The van der Waals surface area contributed by atoms with E-state index in [1.54, 1.807) is 26.0 Å². The van der Waals surface area contributed by atoms with Crippen LogP contribution in [0.5, 0.6) is 5.75 Å². The van der Waals surface area contributed by atoms with E-state index in [4.69, 9.17) is 11.5 Å². The molecule has 0 radical (unpaired) electrons. The molecular weight excluding hydrogens is 580 g/mol. The van der Waals surface area contributed by atoms with Gasteiger partial charge in [0.05, 0.1) is 12.6 Å². The minimum atomic E-state index is -1.02. The molecule has 4 atom stereocenters. The standard InChI is InChI=1S/C28H44N6O6S2/c1-14(2)22(24(30)37)34-27(40)23-28(5,6)42-8-7-41-13-20(26(39)31-12-21(36)33-23)32-25(38)19(29)11-18-15(3)9-17(35)10-16(18)4/h9-10,14,19-20,22-23,35H,7-8,11-13,29H2,1-6H3,(H2,30,37)(H,31,39)(H,32,38)(H,33,36)(H,34,40)/t19-,20+,22-,23-/m0/s1. The van der Waals surface area contributed by atoms with Crippen molar-refractivity contribution in [1.29, 1.82) is 0 Å². The zero-order valence-electron chi connectivity index (χ0n) is 25.0. The maximum atomic E-state index is 13.2. The Kier molecular flexibility index (Phi) is 13.0. The van der Waals surface area contributed by atoms with Gasteiger partial charge in [-0.1, -0.05) is 13.8 Å². The van der Waals surface area contributed by atoms with Crippen molar-refractivity contribution < 1.29 is 29.1 Å². The molecule has 9 N–H and O–H groups in total. The van der Waals surface area contributed by atoms with E-state index in [9.17, 15) is 29.1 Å². The molecule has 42 heavy (non-hydrogen) atoms. The Bertz CT molecular complexity index is 1150. The fourth-order valence-electron chi connectivity index (χ4n) is 4.58. The highest BCUT2D eigenvalue weighted by Gasteiger charge is 2.39. The quantitative estimate of drug-likeness (QED) is 0.205. The van der Waals surface area contributed by atoms with E-state index in [0.717, 1.165) is 16.7 Å². The minimum Gasteiger partial charge on any atom is -0.508 e. The van der Waals surface area contributed by atoms with Crippen molar-refractivity contribution in [3.8, 4) is 5.75 Å². The lowest BCUT2D eigenvalue weighted by Gasteiger charge is -2.34. The van der Waals surface area contributed by atoms with Gasteiger partial charge in [-0.25, -0.2) is 0 Å². The monoisotopic (exact) mass is 624 g/mol. The zero-order valence-corrected chi connectivity index (χ0v) is 26.7. The first kappa shape index (κ1) is 35.2. The first-order valence-corrected chi connectivity index (χ1v) is 15.9. The molecule has 1 aliphatic rings. The van der Waals surface area contributed by atoms with Crippen molar-refractivity contribution in [3.63, 3.8) is 0 Å². The summed E-state index contributed by atoms with van der Waals surface area (Å²) in [5.74, 6) is -1.59. The van der Waals surface area contributed by atoms with Crippen LogP contribution in [0.3, 0.4) is 0 Å². The van der Waals surface area contributed by atoms with Crippen LogP contribution in [0, 0.1) is 19.8 Å². The molecule has 12 nitrogen and oxygen atoms in total. The third kappa shape index (κ3) is 10.1. The molecule has 0 aromatic heterocycles. The molecular formula is C28H44N6O6S2. The molecule has 0 aliphatic carbocycles. The number of carbonyl (C=O) groups is 5. The van der Waals surface area contributed by atoms with E-state index < -0.39 is 65.0 Å². The number of benzene rings is 1. The molecule has 2 rings (SSSR count). The van der Waals surface area contributed by atoms with Gasteiger partial charge in [0.25, 0.3) is 0 Å². The van der Waals surface area contributed by atoms with Crippen LogP contribution in [0.1, 0.15) is 44.4 Å². The van der Waals surface area contributed by atoms with Crippen LogP contribution in [0.25, 0.3) is 0 Å². The maximum absolute atomic E-state index is 13.2. The highest BCUT2D eigenvalue weighted by Crippen LogP contribution is 2.30. The molecule has 1 saturated heterocycles. The Morgan fingerprint density at radius 2 is 1.76 bits per heavy atom. The number of nitrogens with two attached hydrogens (primary N) is 2. The number of carbonyl (C=O) groups excluding carboxylic acids is 5. The second-order valence-electron chi connectivity index (χ2n) is 11.3. The molecule has 14 heteroatoms. The number of hydrogen-bond donors (Lipinski definition) is 7. The van der Waals surface area contributed by atoms with Crippen molar-refractivity contribution in [2.45, 2.75) is 76.9 Å². The SMILES string of the molecule is Cc1cc(O)cc(C)c1C[C@H](N)C(=O)N[C@@H]1CSCCSC(C)(C)[C@H](C(=O)N[C@H](C(N)=O)C(C)C)NC(=O)CNC1=O. The number of rotatable bonds is 8. The predicted octanol–water partition coefficient (Wildman–Crippen LogP) is -0.151. The fourth-order valence-corrected chi connectivity index (χ4v) is 6.88. The van der Waals surface area contributed by atoms with Gasteiger partial charge in [0.1, 0.15) is 23.9 Å². The Morgan fingerprint density at radius 3 is 2.33 bits per heavy atom. The van der Waals surface area contributed by atoms with Gasteiger partial charge in [0.2, 0.25) is 29.5 Å². The summed E-state index contributed by atoms with van der Waals surface area (Å²) in [6, 6.07) is -0.602. The lowest BCUT2D eigenvalue weighted by Crippen LogP contribution is -2.61. The van der Waals surface area contributed by atoms with Crippen LogP contribution in [0.15, 0.2) is 12.1 Å². The molecule has 0 saturated carbocycles. The highest BCUT2D eigenvalue weighted by molar-refractivity contribution is 8.03. The summed E-state index contributed by atoms with van der Waals surface area (Å²) < 4.78 is -0.761. The van der Waals surface area contributed by atoms with E-state index in [-0.39, 0.29) is 23.8 Å². The second kappa shape index (κ2) is 15.5. The number of nitrogens with one attached hydrogen (secondary N) is 4. The van der Waals surface area contributed by atoms with Crippen LogP contribution < -0.4 is 32.7 Å². The van der Waals surface area contributed by atoms with Crippen LogP contribution in [-0.2, 0) is 30.4 Å². The first-order chi connectivity index (χ1) is 19.5. The summed E-state index contributed by atoms with van der Waals surface area (Å²) in [5.41, 5.74) is 14.1. The van der Waals surface area contributed by atoms with E-state index >= 15 is 0 Å². The Balaban J connectivity index is 2.13. The number of aromatic hydroxyl groups is 1. The summed E-state index contributed by atoms with van der Waals surface area (Å²) in [6.45, 7) is 10.4. The highest BCUT2D eigenvalue weighted by atomic mass is 32.2. The number of phenolic OH excluding ortho intramolecular Hbond substituents is 1. The summed E-state index contributed by atoms with van der Waals surface area (Å²) in [7, 11) is 0. The molecule has 1 aromatic carbocycles. The van der Waals surface area contributed by atoms with Crippen molar-refractivity contribution in [3.05, 3.63) is 28.8 Å². The van der Waals surface area contributed by atoms with E-state index in [1.165, 1.54) is 23.5 Å². The number of thioether (sulfide) groups is 2. The van der Waals surface area contributed by atoms with E-state index in [0.29, 0.717) is 11.5 Å². The molecule has 1 aliphatic heterocycles. The van der Waals surface area contributed by atoms with E-state index in [1.807, 2.05) is 27.7 Å². The summed E-state index contributed by atoms with van der Waals surface area (Å²) in [6.07, 6.45) is 0.219. The topological polar surface area (TPSA) is 206 Å². The van der Waals surface area contributed by atoms with Crippen molar-refractivity contribution >= 4 is 53.1 Å². The predicted molar refractivity (Wildman–Crippen MR) is 166 cm³/mol. The second-order valence-corrected chi connectivity index (χ2v) is 14.2. The summed E-state index contributed by atoms with van der Waals surface area (Å²) in [5, 5.41) is 20.4. The molecule has 1 aromatic rings. The smallest absolute Gasteiger partial charge is 0.244 e. The summed E-state index contributed by atoms with van der Waals surface area (Å²) >= 11 is 2.91. The third-order valence-electron chi connectivity index (χ3n) is 7.02. The molecule has 1 fully saturated rings. The lowest BCUT2D eigenvalue weighted by atomic mass is 9.96. The van der Waals surface area contributed by atoms with Gasteiger partial charge < -0.3 is 37.8 Å². The Hall–Kier alpha value is -2.97. The molecule has 5 amide bonds. The van der Waals surface area contributed by atoms with E-state index in [2.05, 4.69) is 21.3 Å².